The Bertz CT molecular complexity index is 952. The fraction of sp³-hybridized carbons (Fsp3) is 0.200. The van der Waals surface area contributed by atoms with Crippen molar-refractivity contribution in [2.24, 2.45) is 0 Å². The highest BCUT2D eigenvalue weighted by Crippen LogP contribution is 2.37. The number of aryl methyl sites for hydroxylation is 1. The number of amides is 1. The second kappa shape index (κ2) is 6.96. The summed E-state index contributed by atoms with van der Waals surface area (Å²) in [5.74, 6) is 0.419. The Kier molecular flexibility index (Phi) is 4.51. The van der Waals surface area contributed by atoms with Crippen LogP contribution in [0.1, 0.15) is 34.1 Å². The molecule has 26 heavy (non-hydrogen) atoms. The lowest BCUT2D eigenvalue weighted by Gasteiger charge is -2.26. The zero-order valence-corrected chi connectivity index (χ0v) is 15.1. The van der Waals surface area contributed by atoms with E-state index in [2.05, 4.69) is 10.4 Å². The van der Waals surface area contributed by atoms with Gasteiger partial charge in [-0.2, -0.15) is 5.10 Å². The predicted octanol–water partition coefficient (Wildman–Crippen LogP) is 4.29. The summed E-state index contributed by atoms with van der Waals surface area (Å²) in [7, 11) is 0. The fourth-order valence-corrected chi connectivity index (χ4v) is 4.31. The summed E-state index contributed by atoms with van der Waals surface area (Å²) >= 11 is 1.51. The van der Waals surface area contributed by atoms with E-state index in [0.29, 0.717) is 10.5 Å². The summed E-state index contributed by atoms with van der Waals surface area (Å²) in [6, 6.07) is 14.1. The molecule has 1 atom stereocenters. The number of benzene rings is 2. The Morgan fingerprint density at radius 2 is 2.04 bits per heavy atom. The third-order valence-corrected chi connectivity index (χ3v) is 5.70. The molecular formula is C20H18FN3OS. The van der Waals surface area contributed by atoms with E-state index in [9.17, 15) is 9.18 Å². The molecule has 2 heterocycles. The highest BCUT2D eigenvalue weighted by molar-refractivity contribution is 7.99. The van der Waals surface area contributed by atoms with Crippen LogP contribution in [0.3, 0.4) is 0 Å². The molecule has 3 aromatic rings. The van der Waals surface area contributed by atoms with Crippen LogP contribution in [-0.2, 0) is 0 Å². The van der Waals surface area contributed by atoms with Crippen LogP contribution in [0.4, 0.5) is 4.39 Å². The first-order chi connectivity index (χ1) is 12.6. The second-order valence-electron chi connectivity index (χ2n) is 6.25. The first-order valence-electron chi connectivity index (χ1n) is 8.46. The molecule has 0 aliphatic carbocycles. The van der Waals surface area contributed by atoms with E-state index in [0.717, 1.165) is 29.1 Å². The van der Waals surface area contributed by atoms with Crippen molar-refractivity contribution in [3.05, 3.63) is 77.4 Å². The standard InChI is InChI=1S/C20H18FN3OS/c1-13-9-11-22-24(13)15-7-5-14(6-8-15)20(25)23-18-10-12-26-19-16(18)3-2-4-17(19)21/h2-9,11,18H,10,12H2,1H3,(H,23,25). The topological polar surface area (TPSA) is 46.9 Å². The molecule has 0 spiro atoms. The number of halogens is 1. The number of thioether (sulfide) groups is 1. The monoisotopic (exact) mass is 367 g/mol. The van der Waals surface area contributed by atoms with Gasteiger partial charge < -0.3 is 5.32 Å². The Balaban J connectivity index is 1.53. The van der Waals surface area contributed by atoms with Gasteiger partial charge in [-0.15, -0.1) is 11.8 Å². The summed E-state index contributed by atoms with van der Waals surface area (Å²) in [4.78, 5) is 13.3. The van der Waals surface area contributed by atoms with Gasteiger partial charge in [0.25, 0.3) is 5.91 Å². The minimum absolute atomic E-state index is 0.152. The molecule has 6 heteroatoms. The van der Waals surface area contributed by atoms with Crippen molar-refractivity contribution < 1.29 is 9.18 Å². The first kappa shape index (κ1) is 16.8. The molecule has 1 N–H and O–H groups in total. The average molecular weight is 367 g/mol. The molecule has 1 aromatic heterocycles. The number of hydrogen-bond donors (Lipinski definition) is 1. The van der Waals surface area contributed by atoms with E-state index < -0.39 is 0 Å². The molecule has 0 bridgehead atoms. The molecular weight excluding hydrogens is 349 g/mol. The summed E-state index contributed by atoms with van der Waals surface area (Å²) in [6.07, 6.45) is 2.53. The number of nitrogens with zero attached hydrogens (tertiary/aromatic N) is 2. The van der Waals surface area contributed by atoms with E-state index in [-0.39, 0.29) is 17.8 Å². The number of hydrogen-bond acceptors (Lipinski definition) is 3. The van der Waals surface area contributed by atoms with Gasteiger partial charge in [0.05, 0.1) is 11.7 Å². The van der Waals surface area contributed by atoms with Crippen LogP contribution in [0.5, 0.6) is 0 Å². The van der Waals surface area contributed by atoms with Crippen LogP contribution >= 0.6 is 11.8 Å². The van der Waals surface area contributed by atoms with Gasteiger partial charge in [-0.3, -0.25) is 4.79 Å². The van der Waals surface area contributed by atoms with Crippen molar-refractivity contribution in [3.8, 4) is 5.69 Å². The van der Waals surface area contributed by atoms with Crippen molar-refractivity contribution in [2.75, 3.05) is 5.75 Å². The smallest absolute Gasteiger partial charge is 0.251 e. The van der Waals surface area contributed by atoms with Crippen LogP contribution < -0.4 is 5.32 Å². The van der Waals surface area contributed by atoms with Gasteiger partial charge in [0.15, 0.2) is 0 Å². The minimum atomic E-state index is -0.217. The summed E-state index contributed by atoms with van der Waals surface area (Å²) in [6.45, 7) is 1.98. The molecule has 4 rings (SSSR count). The van der Waals surface area contributed by atoms with Crippen molar-refractivity contribution in [2.45, 2.75) is 24.3 Å². The highest BCUT2D eigenvalue weighted by atomic mass is 32.2. The molecule has 0 radical (unpaired) electrons. The van der Waals surface area contributed by atoms with Gasteiger partial charge in [0.2, 0.25) is 0 Å². The lowest BCUT2D eigenvalue weighted by atomic mass is 10.0. The molecule has 2 aromatic carbocycles. The average Bonchev–Trinajstić information content (AvgIpc) is 3.09. The third kappa shape index (κ3) is 3.12. The largest absolute Gasteiger partial charge is 0.345 e. The van der Waals surface area contributed by atoms with E-state index in [4.69, 9.17) is 0 Å². The van der Waals surface area contributed by atoms with Crippen LogP contribution in [-0.4, -0.2) is 21.4 Å². The van der Waals surface area contributed by atoms with E-state index in [1.807, 2.05) is 35.9 Å². The van der Waals surface area contributed by atoms with E-state index in [1.54, 1.807) is 24.4 Å². The molecule has 1 aliphatic heterocycles. The van der Waals surface area contributed by atoms with Crippen LogP contribution in [0.2, 0.25) is 0 Å². The van der Waals surface area contributed by atoms with Crippen molar-refractivity contribution in [3.63, 3.8) is 0 Å². The molecule has 4 nitrogen and oxygen atoms in total. The Hall–Kier alpha value is -2.60. The maximum atomic E-state index is 14.0. The third-order valence-electron chi connectivity index (χ3n) is 4.54. The quantitative estimate of drug-likeness (QED) is 0.751. The van der Waals surface area contributed by atoms with Crippen molar-refractivity contribution in [1.29, 1.82) is 0 Å². The summed E-state index contributed by atoms with van der Waals surface area (Å²) < 4.78 is 15.8. The Morgan fingerprint density at radius 1 is 1.23 bits per heavy atom. The van der Waals surface area contributed by atoms with Gasteiger partial charge in [0, 0.05) is 28.1 Å². The first-order valence-corrected chi connectivity index (χ1v) is 9.45. The molecule has 1 unspecified atom stereocenters. The highest BCUT2D eigenvalue weighted by Gasteiger charge is 2.24. The fourth-order valence-electron chi connectivity index (χ4n) is 3.17. The zero-order chi connectivity index (χ0) is 18.1. The molecule has 1 amide bonds. The van der Waals surface area contributed by atoms with Crippen molar-refractivity contribution in [1.82, 2.24) is 15.1 Å². The zero-order valence-electron chi connectivity index (χ0n) is 14.3. The van der Waals surface area contributed by atoms with Crippen molar-refractivity contribution >= 4 is 17.7 Å². The lowest BCUT2D eigenvalue weighted by molar-refractivity contribution is 0.0935. The van der Waals surface area contributed by atoms with E-state index >= 15 is 0 Å². The Labute approximate surface area is 155 Å². The van der Waals surface area contributed by atoms with Gasteiger partial charge in [0.1, 0.15) is 5.82 Å². The van der Waals surface area contributed by atoms with Crippen LogP contribution in [0, 0.1) is 12.7 Å². The van der Waals surface area contributed by atoms with Crippen LogP contribution in [0.25, 0.3) is 5.69 Å². The SMILES string of the molecule is Cc1ccnn1-c1ccc(C(=O)NC2CCSc3c(F)cccc32)cc1. The van der Waals surface area contributed by atoms with Crippen LogP contribution in [0.15, 0.2) is 59.6 Å². The number of aromatic nitrogens is 2. The van der Waals surface area contributed by atoms with Gasteiger partial charge in [-0.05, 0) is 55.3 Å². The molecule has 0 saturated carbocycles. The summed E-state index contributed by atoms with van der Waals surface area (Å²) in [5.41, 5.74) is 3.37. The number of carbonyl (C=O) groups excluding carboxylic acids is 1. The van der Waals surface area contributed by atoms with Gasteiger partial charge >= 0.3 is 0 Å². The maximum Gasteiger partial charge on any atom is 0.251 e. The van der Waals surface area contributed by atoms with Gasteiger partial charge in [-0.1, -0.05) is 12.1 Å². The molecule has 0 saturated heterocycles. The number of nitrogens with one attached hydrogen (secondary N) is 1. The molecule has 1 aliphatic rings. The van der Waals surface area contributed by atoms with Gasteiger partial charge in [-0.25, -0.2) is 9.07 Å². The normalized spacial score (nSPS) is 16.2. The number of fused-ring (bicyclic) bond motifs is 1. The Morgan fingerprint density at radius 3 is 2.77 bits per heavy atom. The summed E-state index contributed by atoms with van der Waals surface area (Å²) in [5, 5.41) is 7.31. The minimum Gasteiger partial charge on any atom is -0.345 e. The molecule has 132 valence electrons. The number of carbonyl (C=O) groups is 1. The number of rotatable bonds is 3. The maximum absolute atomic E-state index is 14.0. The predicted molar refractivity (Wildman–Crippen MR) is 100 cm³/mol. The lowest BCUT2D eigenvalue weighted by Crippen LogP contribution is -2.30. The second-order valence-corrected chi connectivity index (χ2v) is 7.36. The molecule has 0 fully saturated rings. The van der Waals surface area contributed by atoms with E-state index in [1.165, 1.54) is 17.8 Å².